The number of amides is 1. The molecule has 0 aromatic carbocycles. The fourth-order valence-corrected chi connectivity index (χ4v) is 3.29. The van der Waals surface area contributed by atoms with Gasteiger partial charge in [0.25, 0.3) is 0 Å². The Morgan fingerprint density at radius 1 is 1.36 bits per heavy atom. The standard InChI is InChI=1S/C17H30N4O/c1-2-16-19-11-13-21(16)15-8-7-12-20(14-15)17(22)9-5-3-4-6-10-18/h11,13,15H,2-10,12,14,18H2,1H3. The fourth-order valence-electron chi connectivity index (χ4n) is 3.29. The van der Waals surface area contributed by atoms with Gasteiger partial charge in [-0.05, 0) is 32.2 Å². The summed E-state index contributed by atoms with van der Waals surface area (Å²) in [5, 5.41) is 0. The second kappa shape index (κ2) is 8.93. The van der Waals surface area contributed by atoms with E-state index in [1.165, 1.54) is 0 Å². The lowest BCUT2D eigenvalue weighted by atomic mass is 10.0. The highest BCUT2D eigenvalue weighted by Crippen LogP contribution is 2.23. The van der Waals surface area contributed by atoms with E-state index in [0.29, 0.717) is 18.4 Å². The molecule has 0 bridgehead atoms. The molecule has 0 aliphatic carbocycles. The van der Waals surface area contributed by atoms with Gasteiger partial charge in [0.1, 0.15) is 5.82 Å². The molecule has 124 valence electrons. The molecule has 2 rings (SSSR count). The summed E-state index contributed by atoms with van der Waals surface area (Å²) in [7, 11) is 0. The summed E-state index contributed by atoms with van der Waals surface area (Å²) < 4.78 is 2.26. The molecule has 1 aromatic heterocycles. The molecule has 1 aliphatic rings. The van der Waals surface area contributed by atoms with Crippen LogP contribution in [0.1, 0.15) is 63.7 Å². The van der Waals surface area contributed by atoms with Gasteiger partial charge in [-0.15, -0.1) is 0 Å². The number of aromatic nitrogens is 2. The Bertz CT molecular complexity index is 457. The minimum atomic E-state index is 0.315. The molecular formula is C17H30N4O. The number of carbonyl (C=O) groups excluding carboxylic acids is 1. The molecule has 0 spiro atoms. The Morgan fingerprint density at radius 3 is 2.95 bits per heavy atom. The lowest BCUT2D eigenvalue weighted by Gasteiger charge is -2.34. The first-order chi connectivity index (χ1) is 10.8. The first-order valence-electron chi connectivity index (χ1n) is 8.75. The average Bonchev–Trinajstić information content (AvgIpc) is 3.03. The number of likely N-dealkylation sites (tertiary alicyclic amines) is 1. The van der Waals surface area contributed by atoms with E-state index in [9.17, 15) is 4.79 Å². The van der Waals surface area contributed by atoms with Crippen molar-refractivity contribution in [3.8, 4) is 0 Å². The molecule has 2 heterocycles. The van der Waals surface area contributed by atoms with E-state index in [0.717, 1.165) is 70.4 Å². The van der Waals surface area contributed by atoms with Gasteiger partial charge in [0.2, 0.25) is 5.91 Å². The van der Waals surface area contributed by atoms with Crippen LogP contribution in [-0.4, -0.2) is 40.0 Å². The Labute approximate surface area is 133 Å². The van der Waals surface area contributed by atoms with E-state index in [1.807, 2.05) is 6.20 Å². The van der Waals surface area contributed by atoms with Crippen molar-refractivity contribution in [1.82, 2.24) is 14.5 Å². The number of hydrogen-bond acceptors (Lipinski definition) is 3. The fraction of sp³-hybridized carbons (Fsp3) is 0.765. The van der Waals surface area contributed by atoms with E-state index >= 15 is 0 Å². The van der Waals surface area contributed by atoms with E-state index < -0.39 is 0 Å². The molecule has 1 unspecified atom stereocenters. The quantitative estimate of drug-likeness (QED) is 0.751. The zero-order chi connectivity index (χ0) is 15.8. The van der Waals surface area contributed by atoms with Gasteiger partial charge in [-0.25, -0.2) is 4.98 Å². The molecule has 0 saturated carbocycles. The van der Waals surface area contributed by atoms with Gasteiger partial charge in [0, 0.05) is 38.3 Å². The van der Waals surface area contributed by atoms with Crippen molar-refractivity contribution in [2.24, 2.45) is 5.73 Å². The molecule has 0 radical (unpaired) electrons. The van der Waals surface area contributed by atoms with Crippen molar-refractivity contribution in [2.45, 2.75) is 64.3 Å². The Morgan fingerprint density at radius 2 is 2.18 bits per heavy atom. The second-order valence-corrected chi connectivity index (χ2v) is 6.19. The highest BCUT2D eigenvalue weighted by Gasteiger charge is 2.25. The number of rotatable bonds is 8. The lowest BCUT2D eigenvalue weighted by molar-refractivity contribution is -0.133. The summed E-state index contributed by atoms with van der Waals surface area (Å²) in [5.41, 5.74) is 5.49. The summed E-state index contributed by atoms with van der Waals surface area (Å²) in [4.78, 5) is 18.8. The molecule has 1 aromatic rings. The van der Waals surface area contributed by atoms with E-state index in [4.69, 9.17) is 5.73 Å². The third kappa shape index (κ3) is 4.57. The summed E-state index contributed by atoms with van der Waals surface area (Å²) in [5.74, 6) is 1.44. The van der Waals surface area contributed by atoms with Crippen LogP contribution in [0, 0.1) is 0 Å². The highest BCUT2D eigenvalue weighted by molar-refractivity contribution is 5.76. The number of nitrogens with zero attached hydrogens (tertiary/aromatic N) is 3. The van der Waals surface area contributed by atoms with Gasteiger partial charge in [-0.2, -0.15) is 0 Å². The molecule has 5 nitrogen and oxygen atoms in total. The normalized spacial score (nSPS) is 18.6. The topological polar surface area (TPSA) is 64.2 Å². The van der Waals surface area contributed by atoms with Crippen LogP contribution in [0.4, 0.5) is 0 Å². The number of imidazole rings is 1. The maximum absolute atomic E-state index is 12.4. The Balaban J connectivity index is 1.81. The van der Waals surface area contributed by atoms with E-state index in [1.54, 1.807) is 0 Å². The van der Waals surface area contributed by atoms with Gasteiger partial charge < -0.3 is 15.2 Å². The average molecular weight is 306 g/mol. The SMILES string of the molecule is CCc1nccn1C1CCCN(C(=O)CCCCCCN)C1. The smallest absolute Gasteiger partial charge is 0.222 e. The van der Waals surface area contributed by atoms with Crippen LogP contribution in [0.15, 0.2) is 12.4 Å². The van der Waals surface area contributed by atoms with Crippen LogP contribution >= 0.6 is 0 Å². The first-order valence-corrected chi connectivity index (χ1v) is 8.75. The van der Waals surface area contributed by atoms with Crippen LogP contribution in [0.25, 0.3) is 0 Å². The monoisotopic (exact) mass is 306 g/mol. The lowest BCUT2D eigenvalue weighted by Crippen LogP contribution is -2.40. The van der Waals surface area contributed by atoms with Gasteiger partial charge in [-0.1, -0.05) is 19.8 Å². The third-order valence-electron chi connectivity index (χ3n) is 4.55. The molecule has 1 atom stereocenters. The summed E-state index contributed by atoms with van der Waals surface area (Å²) in [6, 6.07) is 0.396. The van der Waals surface area contributed by atoms with Crippen LogP contribution in [-0.2, 0) is 11.2 Å². The molecular weight excluding hydrogens is 276 g/mol. The molecule has 2 N–H and O–H groups in total. The summed E-state index contributed by atoms with van der Waals surface area (Å²) in [6.07, 6.45) is 12.1. The minimum absolute atomic E-state index is 0.315. The van der Waals surface area contributed by atoms with Gasteiger partial charge in [0.15, 0.2) is 0 Å². The van der Waals surface area contributed by atoms with Crippen molar-refractivity contribution in [2.75, 3.05) is 19.6 Å². The molecule has 1 fully saturated rings. The Kier molecular flexibility index (Phi) is 6.90. The number of carbonyl (C=O) groups is 1. The van der Waals surface area contributed by atoms with E-state index in [2.05, 4.69) is 27.6 Å². The van der Waals surface area contributed by atoms with Crippen LogP contribution < -0.4 is 5.73 Å². The highest BCUT2D eigenvalue weighted by atomic mass is 16.2. The summed E-state index contributed by atoms with van der Waals surface area (Å²) >= 11 is 0. The number of piperidine rings is 1. The van der Waals surface area contributed by atoms with Crippen molar-refractivity contribution < 1.29 is 4.79 Å². The Hall–Kier alpha value is -1.36. The van der Waals surface area contributed by atoms with Crippen LogP contribution in [0.3, 0.4) is 0 Å². The zero-order valence-electron chi connectivity index (χ0n) is 13.8. The number of unbranched alkanes of at least 4 members (excludes halogenated alkanes) is 3. The minimum Gasteiger partial charge on any atom is -0.341 e. The molecule has 1 aliphatic heterocycles. The predicted octanol–water partition coefficient (Wildman–Crippen LogP) is 2.52. The van der Waals surface area contributed by atoms with Crippen LogP contribution in [0.2, 0.25) is 0 Å². The number of nitrogens with two attached hydrogens (primary N) is 1. The van der Waals surface area contributed by atoms with Crippen molar-refractivity contribution in [3.05, 3.63) is 18.2 Å². The summed E-state index contributed by atoms with van der Waals surface area (Å²) in [6.45, 7) is 4.64. The molecule has 22 heavy (non-hydrogen) atoms. The van der Waals surface area contributed by atoms with Crippen molar-refractivity contribution >= 4 is 5.91 Å². The van der Waals surface area contributed by atoms with Crippen molar-refractivity contribution in [1.29, 1.82) is 0 Å². The maximum atomic E-state index is 12.4. The third-order valence-corrected chi connectivity index (χ3v) is 4.55. The van der Waals surface area contributed by atoms with Gasteiger partial charge in [0.05, 0.1) is 6.04 Å². The maximum Gasteiger partial charge on any atom is 0.222 e. The predicted molar refractivity (Wildman–Crippen MR) is 88.6 cm³/mol. The number of hydrogen-bond donors (Lipinski definition) is 1. The molecule has 5 heteroatoms. The van der Waals surface area contributed by atoms with Crippen molar-refractivity contribution in [3.63, 3.8) is 0 Å². The second-order valence-electron chi connectivity index (χ2n) is 6.19. The van der Waals surface area contributed by atoms with Gasteiger partial charge >= 0.3 is 0 Å². The number of aryl methyl sites for hydroxylation is 1. The molecule has 1 amide bonds. The zero-order valence-corrected chi connectivity index (χ0v) is 13.8. The first kappa shape index (κ1) is 17.0. The van der Waals surface area contributed by atoms with Crippen LogP contribution in [0.5, 0.6) is 0 Å². The molecule has 1 saturated heterocycles. The van der Waals surface area contributed by atoms with Gasteiger partial charge in [-0.3, -0.25) is 4.79 Å². The van der Waals surface area contributed by atoms with E-state index in [-0.39, 0.29) is 0 Å². The largest absolute Gasteiger partial charge is 0.341 e.